The Kier molecular flexibility index (Phi) is 4.24. The topological polar surface area (TPSA) is 59.0 Å². The second kappa shape index (κ2) is 5.92. The molecule has 1 aromatic carbocycles. The second-order valence-electron chi connectivity index (χ2n) is 4.40. The minimum atomic E-state index is -0.527. The standard InChI is InChI=1S/C13H14ClFN4O/c1-8(9-6-16-19(2)7-9)17-13(20)18-10-3-4-12(15)11(14)5-10/h3-8H,1-2H3,(H2,17,18,20). The maximum absolute atomic E-state index is 13.0. The van der Waals surface area contributed by atoms with E-state index in [1.54, 1.807) is 17.9 Å². The van der Waals surface area contributed by atoms with Crippen molar-refractivity contribution in [3.05, 3.63) is 47.0 Å². The molecule has 0 aliphatic rings. The van der Waals surface area contributed by atoms with Crippen LogP contribution in [0.3, 0.4) is 0 Å². The first-order valence-electron chi connectivity index (χ1n) is 5.97. The molecule has 0 bridgehead atoms. The van der Waals surface area contributed by atoms with Crippen molar-refractivity contribution in [1.82, 2.24) is 15.1 Å². The van der Waals surface area contributed by atoms with E-state index in [-0.39, 0.29) is 11.1 Å². The number of amides is 2. The quantitative estimate of drug-likeness (QED) is 0.914. The zero-order valence-corrected chi connectivity index (χ0v) is 11.8. The molecule has 5 nitrogen and oxygen atoms in total. The summed E-state index contributed by atoms with van der Waals surface area (Å²) >= 11 is 5.64. The summed E-state index contributed by atoms with van der Waals surface area (Å²) < 4.78 is 14.7. The van der Waals surface area contributed by atoms with Crippen molar-refractivity contribution >= 4 is 23.3 Å². The van der Waals surface area contributed by atoms with Gasteiger partial charge in [0.05, 0.1) is 17.3 Å². The van der Waals surface area contributed by atoms with E-state index in [0.29, 0.717) is 5.69 Å². The monoisotopic (exact) mass is 296 g/mol. The van der Waals surface area contributed by atoms with Crippen molar-refractivity contribution in [3.63, 3.8) is 0 Å². The maximum Gasteiger partial charge on any atom is 0.319 e. The first kappa shape index (κ1) is 14.3. The fraction of sp³-hybridized carbons (Fsp3) is 0.231. The third kappa shape index (κ3) is 3.48. The van der Waals surface area contributed by atoms with Gasteiger partial charge < -0.3 is 10.6 Å². The van der Waals surface area contributed by atoms with Crippen LogP contribution in [0.5, 0.6) is 0 Å². The number of hydrogen-bond donors (Lipinski definition) is 2. The zero-order chi connectivity index (χ0) is 14.7. The Morgan fingerprint density at radius 1 is 1.50 bits per heavy atom. The van der Waals surface area contributed by atoms with Gasteiger partial charge in [-0.2, -0.15) is 5.10 Å². The predicted octanol–water partition coefficient (Wildman–Crippen LogP) is 3.10. The number of carbonyl (C=O) groups excluding carboxylic acids is 1. The highest BCUT2D eigenvalue weighted by Gasteiger charge is 2.11. The molecule has 0 aliphatic heterocycles. The fourth-order valence-corrected chi connectivity index (χ4v) is 1.87. The molecular weight excluding hydrogens is 283 g/mol. The number of nitrogens with one attached hydrogen (secondary N) is 2. The molecule has 1 unspecified atom stereocenters. The predicted molar refractivity (Wildman–Crippen MR) is 75.2 cm³/mol. The lowest BCUT2D eigenvalue weighted by Crippen LogP contribution is -2.31. The summed E-state index contributed by atoms with van der Waals surface area (Å²) in [5.41, 5.74) is 1.31. The highest BCUT2D eigenvalue weighted by molar-refractivity contribution is 6.31. The van der Waals surface area contributed by atoms with Crippen LogP contribution in [-0.4, -0.2) is 15.8 Å². The molecule has 1 aromatic heterocycles. The molecule has 0 fully saturated rings. The largest absolute Gasteiger partial charge is 0.331 e. The van der Waals surface area contributed by atoms with Gasteiger partial charge in [0, 0.05) is 24.5 Å². The molecule has 1 heterocycles. The molecule has 2 N–H and O–H groups in total. The van der Waals surface area contributed by atoms with Crippen LogP contribution in [0.4, 0.5) is 14.9 Å². The molecule has 0 saturated heterocycles. The van der Waals surface area contributed by atoms with Gasteiger partial charge in [-0.05, 0) is 25.1 Å². The van der Waals surface area contributed by atoms with Crippen molar-refractivity contribution in [2.75, 3.05) is 5.32 Å². The molecule has 106 valence electrons. The molecule has 0 saturated carbocycles. The van der Waals surface area contributed by atoms with Crippen molar-refractivity contribution < 1.29 is 9.18 Å². The normalized spacial score (nSPS) is 12.0. The van der Waals surface area contributed by atoms with Gasteiger partial charge in [-0.1, -0.05) is 11.6 Å². The SMILES string of the molecule is CC(NC(=O)Nc1ccc(F)c(Cl)c1)c1cnn(C)c1. The van der Waals surface area contributed by atoms with Crippen LogP contribution >= 0.6 is 11.6 Å². The van der Waals surface area contributed by atoms with Crippen molar-refractivity contribution in [1.29, 1.82) is 0 Å². The van der Waals surface area contributed by atoms with E-state index in [2.05, 4.69) is 15.7 Å². The van der Waals surface area contributed by atoms with Gasteiger partial charge in [-0.15, -0.1) is 0 Å². The first-order valence-corrected chi connectivity index (χ1v) is 6.34. The number of aryl methyl sites for hydroxylation is 1. The molecular formula is C13H14ClFN4O. The van der Waals surface area contributed by atoms with Gasteiger partial charge in [0.1, 0.15) is 5.82 Å². The van der Waals surface area contributed by atoms with Crippen LogP contribution in [-0.2, 0) is 7.05 Å². The van der Waals surface area contributed by atoms with Gasteiger partial charge in [-0.25, -0.2) is 9.18 Å². The van der Waals surface area contributed by atoms with Crippen molar-refractivity contribution in [2.45, 2.75) is 13.0 Å². The number of carbonyl (C=O) groups is 1. The lowest BCUT2D eigenvalue weighted by molar-refractivity contribution is 0.249. The second-order valence-corrected chi connectivity index (χ2v) is 4.80. The summed E-state index contributed by atoms with van der Waals surface area (Å²) in [6.45, 7) is 1.84. The number of nitrogens with zero attached hydrogens (tertiary/aromatic N) is 2. The third-order valence-electron chi connectivity index (χ3n) is 2.75. The van der Waals surface area contributed by atoms with Gasteiger partial charge in [-0.3, -0.25) is 4.68 Å². The Bertz CT molecular complexity index is 629. The van der Waals surface area contributed by atoms with E-state index in [9.17, 15) is 9.18 Å². The molecule has 2 rings (SSSR count). The fourth-order valence-electron chi connectivity index (χ4n) is 1.68. The minimum Gasteiger partial charge on any atom is -0.331 e. The summed E-state index contributed by atoms with van der Waals surface area (Å²) in [5.74, 6) is -0.527. The average molecular weight is 297 g/mol. The van der Waals surface area contributed by atoms with E-state index < -0.39 is 11.8 Å². The van der Waals surface area contributed by atoms with Crippen LogP contribution in [0.25, 0.3) is 0 Å². The number of aromatic nitrogens is 2. The lowest BCUT2D eigenvalue weighted by atomic mass is 10.2. The van der Waals surface area contributed by atoms with Gasteiger partial charge in [0.15, 0.2) is 0 Å². The highest BCUT2D eigenvalue weighted by Crippen LogP contribution is 2.19. The lowest BCUT2D eigenvalue weighted by Gasteiger charge is -2.13. The molecule has 2 aromatic rings. The van der Waals surface area contributed by atoms with E-state index in [4.69, 9.17) is 11.6 Å². The summed E-state index contributed by atoms with van der Waals surface area (Å²) in [4.78, 5) is 11.8. The van der Waals surface area contributed by atoms with E-state index in [1.807, 2.05) is 13.1 Å². The number of rotatable bonds is 3. The Hall–Kier alpha value is -2.08. The molecule has 20 heavy (non-hydrogen) atoms. The molecule has 0 aliphatic carbocycles. The summed E-state index contributed by atoms with van der Waals surface area (Å²) in [7, 11) is 1.80. The Labute approximate surface area is 120 Å². The van der Waals surface area contributed by atoms with Gasteiger partial charge in [0.25, 0.3) is 0 Å². The Morgan fingerprint density at radius 3 is 2.85 bits per heavy atom. The molecule has 0 radical (unpaired) electrons. The van der Waals surface area contributed by atoms with Crippen LogP contribution < -0.4 is 10.6 Å². The molecule has 2 amide bonds. The van der Waals surface area contributed by atoms with E-state index in [0.717, 1.165) is 5.56 Å². The smallest absolute Gasteiger partial charge is 0.319 e. The summed E-state index contributed by atoms with van der Waals surface area (Å²) in [6.07, 6.45) is 3.50. The van der Waals surface area contributed by atoms with E-state index >= 15 is 0 Å². The van der Waals surface area contributed by atoms with Crippen molar-refractivity contribution in [2.24, 2.45) is 7.05 Å². The molecule has 0 spiro atoms. The Balaban J connectivity index is 1.96. The number of hydrogen-bond acceptors (Lipinski definition) is 2. The van der Waals surface area contributed by atoms with Crippen LogP contribution in [0, 0.1) is 5.82 Å². The maximum atomic E-state index is 13.0. The number of anilines is 1. The summed E-state index contributed by atoms with van der Waals surface area (Å²) in [6, 6.07) is 3.40. The summed E-state index contributed by atoms with van der Waals surface area (Å²) in [5, 5.41) is 9.34. The van der Waals surface area contributed by atoms with Crippen molar-refractivity contribution in [3.8, 4) is 0 Å². The first-order chi connectivity index (χ1) is 9.45. The zero-order valence-electron chi connectivity index (χ0n) is 11.0. The van der Waals surface area contributed by atoms with E-state index in [1.165, 1.54) is 18.2 Å². The molecule has 1 atom stereocenters. The van der Waals surface area contributed by atoms with Gasteiger partial charge >= 0.3 is 6.03 Å². The Morgan fingerprint density at radius 2 is 2.25 bits per heavy atom. The number of urea groups is 1. The van der Waals surface area contributed by atoms with Gasteiger partial charge in [0.2, 0.25) is 0 Å². The van der Waals surface area contributed by atoms with Crippen LogP contribution in [0.2, 0.25) is 5.02 Å². The average Bonchev–Trinajstić information content (AvgIpc) is 2.80. The number of benzene rings is 1. The highest BCUT2D eigenvalue weighted by atomic mass is 35.5. The van der Waals surface area contributed by atoms with Crippen LogP contribution in [0.1, 0.15) is 18.5 Å². The third-order valence-corrected chi connectivity index (χ3v) is 3.04. The van der Waals surface area contributed by atoms with Crippen LogP contribution in [0.15, 0.2) is 30.6 Å². The minimum absolute atomic E-state index is 0.0388. The number of halogens is 2. The molecule has 7 heteroatoms.